The van der Waals surface area contributed by atoms with Crippen LogP contribution in [0.25, 0.3) is 0 Å². The van der Waals surface area contributed by atoms with E-state index in [4.69, 9.17) is 5.73 Å². The maximum Gasteiger partial charge on any atom is 0.410 e. The average Bonchev–Trinajstić information content (AvgIpc) is 2.24. The van der Waals surface area contributed by atoms with Gasteiger partial charge in [-0.3, -0.25) is 0 Å². The van der Waals surface area contributed by atoms with Gasteiger partial charge in [0.05, 0.1) is 0 Å². The van der Waals surface area contributed by atoms with Crippen LogP contribution in [0.2, 0.25) is 0 Å². The van der Waals surface area contributed by atoms with Gasteiger partial charge in [0.25, 0.3) is 0 Å². The summed E-state index contributed by atoms with van der Waals surface area (Å²) in [6.07, 6.45) is -6.74. The summed E-state index contributed by atoms with van der Waals surface area (Å²) in [7, 11) is -3.14. The van der Waals surface area contributed by atoms with E-state index in [9.17, 15) is 26.3 Å². The van der Waals surface area contributed by atoms with E-state index in [0.717, 1.165) is 5.70 Å². The van der Waals surface area contributed by atoms with Gasteiger partial charge in [0.15, 0.2) is 0 Å². The molecule has 19 heavy (non-hydrogen) atoms. The summed E-state index contributed by atoms with van der Waals surface area (Å²) in [5, 5.41) is 0. The van der Waals surface area contributed by atoms with Gasteiger partial charge in [-0.2, -0.15) is 26.3 Å². The molecule has 0 aromatic carbocycles. The van der Waals surface area contributed by atoms with Crippen LogP contribution in [0.15, 0.2) is 11.8 Å². The number of allylic oxidation sites excluding steroid dienone is 1. The van der Waals surface area contributed by atoms with Gasteiger partial charge in [0, 0.05) is 0 Å². The largest absolute Gasteiger partial charge is 0.410 e. The smallest absolute Gasteiger partial charge is 0.384 e. The summed E-state index contributed by atoms with van der Waals surface area (Å²) in [5.41, 5.74) is 6.34. The lowest BCUT2D eigenvalue weighted by atomic mass is 10.3. The number of hydrogen-bond acceptors (Lipinski definition) is 3. The Hall–Kier alpha value is -0.583. The molecule has 0 saturated heterocycles. The van der Waals surface area contributed by atoms with E-state index in [0.29, 0.717) is 19.4 Å². The molecule has 0 bridgehead atoms. The standard InChI is InChI=1S/C9H15F6NO2Si/c10-8(11,12)6-17-19(5-3-1-2-4-16)18-7-9(13,14)15/h3,5,19H,1-2,4,6-7,16H2. The fourth-order valence-corrected chi connectivity index (χ4v) is 2.40. The molecule has 0 rings (SSSR count). The second kappa shape index (κ2) is 8.56. The molecular formula is C9H15F6NO2Si. The summed E-state index contributed by atoms with van der Waals surface area (Å²) < 4.78 is 80.2. The van der Waals surface area contributed by atoms with Crippen molar-refractivity contribution in [1.29, 1.82) is 0 Å². The molecule has 2 N–H and O–H groups in total. The van der Waals surface area contributed by atoms with Crippen molar-refractivity contribution >= 4 is 9.28 Å². The van der Waals surface area contributed by atoms with Crippen LogP contribution in [0.3, 0.4) is 0 Å². The van der Waals surface area contributed by atoms with Crippen molar-refractivity contribution in [2.45, 2.75) is 25.2 Å². The van der Waals surface area contributed by atoms with Gasteiger partial charge >= 0.3 is 21.6 Å². The highest BCUT2D eigenvalue weighted by molar-refractivity contribution is 6.50. The summed E-state index contributed by atoms with van der Waals surface area (Å²) in [6, 6.07) is 0. The lowest BCUT2D eigenvalue weighted by Crippen LogP contribution is -2.31. The van der Waals surface area contributed by atoms with Crippen LogP contribution in [-0.4, -0.2) is 41.4 Å². The van der Waals surface area contributed by atoms with Crippen molar-refractivity contribution < 1.29 is 35.2 Å². The molecule has 0 amide bonds. The SMILES string of the molecule is NCCCC=C[SiH](OCC(F)(F)F)OCC(F)(F)F. The van der Waals surface area contributed by atoms with Crippen molar-refractivity contribution in [3.05, 3.63) is 11.8 Å². The first-order chi connectivity index (χ1) is 8.64. The Morgan fingerprint density at radius 3 is 1.79 bits per heavy atom. The normalized spacial score (nSPS) is 13.7. The van der Waals surface area contributed by atoms with Gasteiger partial charge < -0.3 is 14.6 Å². The molecule has 0 radical (unpaired) electrons. The van der Waals surface area contributed by atoms with Crippen LogP contribution >= 0.6 is 0 Å². The Morgan fingerprint density at radius 2 is 1.42 bits per heavy atom. The monoisotopic (exact) mass is 311 g/mol. The molecule has 0 heterocycles. The van der Waals surface area contributed by atoms with Crippen molar-refractivity contribution in [1.82, 2.24) is 0 Å². The molecular weight excluding hydrogens is 296 g/mol. The van der Waals surface area contributed by atoms with Crippen LogP contribution in [0.4, 0.5) is 26.3 Å². The van der Waals surface area contributed by atoms with Gasteiger partial charge in [-0.25, -0.2) is 0 Å². The first-order valence-corrected chi connectivity index (χ1v) is 6.98. The molecule has 0 aliphatic heterocycles. The van der Waals surface area contributed by atoms with Crippen LogP contribution < -0.4 is 5.73 Å². The lowest BCUT2D eigenvalue weighted by Gasteiger charge is -2.16. The molecule has 0 unspecified atom stereocenters. The van der Waals surface area contributed by atoms with Crippen molar-refractivity contribution in [2.24, 2.45) is 5.73 Å². The van der Waals surface area contributed by atoms with Gasteiger partial charge in [-0.15, -0.1) is 0 Å². The third-order valence-electron chi connectivity index (χ3n) is 1.69. The number of unbranched alkanes of at least 4 members (excludes halogenated alkanes) is 1. The van der Waals surface area contributed by atoms with Crippen LogP contribution in [-0.2, 0) is 8.85 Å². The first kappa shape index (κ1) is 18.4. The highest BCUT2D eigenvalue weighted by Gasteiger charge is 2.32. The zero-order chi connectivity index (χ0) is 14.9. The third kappa shape index (κ3) is 13.6. The Balaban J connectivity index is 4.26. The summed E-state index contributed by atoms with van der Waals surface area (Å²) in [6.45, 7) is -2.87. The summed E-state index contributed by atoms with van der Waals surface area (Å²) >= 11 is 0. The van der Waals surface area contributed by atoms with E-state index in [1.54, 1.807) is 0 Å². The van der Waals surface area contributed by atoms with E-state index in [1.165, 1.54) is 6.08 Å². The first-order valence-electron chi connectivity index (χ1n) is 5.37. The highest BCUT2D eigenvalue weighted by Crippen LogP contribution is 2.18. The van der Waals surface area contributed by atoms with Crippen LogP contribution in [0, 0.1) is 0 Å². The molecule has 3 nitrogen and oxygen atoms in total. The number of nitrogens with two attached hydrogens (primary N) is 1. The number of rotatable bonds is 8. The van der Waals surface area contributed by atoms with E-state index in [1.807, 2.05) is 0 Å². The summed E-state index contributed by atoms with van der Waals surface area (Å²) in [4.78, 5) is 0. The maximum atomic E-state index is 11.9. The minimum atomic E-state index is -4.60. The van der Waals surface area contributed by atoms with Crippen molar-refractivity contribution in [3.8, 4) is 0 Å². The molecule has 0 fully saturated rings. The second-order valence-electron chi connectivity index (χ2n) is 3.58. The second-order valence-corrected chi connectivity index (χ2v) is 5.37. The molecule has 0 aromatic rings. The Labute approximate surface area is 108 Å². The number of halogens is 6. The molecule has 10 heteroatoms. The predicted molar refractivity (Wildman–Crippen MR) is 58.6 cm³/mol. The minimum Gasteiger partial charge on any atom is -0.384 e. The zero-order valence-corrected chi connectivity index (χ0v) is 11.1. The van der Waals surface area contributed by atoms with Crippen LogP contribution in [0.5, 0.6) is 0 Å². The highest BCUT2D eigenvalue weighted by atomic mass is 28.3. The van der Waals surface area contributed by atoms with Crippen molar-refractivity contribution in [3.63, 3.8) is 0 Å². The van der Waals surface area contributed by atoms with E-state index < -0.39 is 34.9 Å². The summed E-state index contributed by atoms with van der Waals surface area (Å²) in [5.74, 6) is 0. The maximum absolute atomic E-state index is 11.9. The van der Waals surface area contributed by atoms with Crippen LogP contribution in [0.1, 0.15) is 12.8 Å². The Kier molecular flexibility index (Phi) is 8.30. The molecule has 0 spiro atoms. The van der Waals surface area contributed by atoms with Gasteiger partial charge in [0.1, 0.15) is 13.2 Å². The average molecular weight is 311 g/mol. The lowest BCUT2D eigenvalue weighted by molar-refractivity contribution is -0.168. The molecule has 0 aliphatic rings. The molecule has 0 aliphatic carbocycles. The predicted octanol–water partition coefficient (Wildman–Crippen LogP) is 2.20. The Morgan fingerprint density at radius 1 is 0.947 bits per heavy atom. The topological polar surface area (TPSA) is 44.5 Å². The molecule has 0 saturated carbocycles. The van der Waals surface area contributed by atoms with Gasteiger partial charge in [0.2, 0.25) is 0 Å². The number of alkyl halides is 6. The van der Waals surface area contributed by atoms with Gasteiger partial charge in [-0.05, 0) is 25.1 Å². The van der Waals surface area contributed by atoms with Gasteiger partial charge in [-0.1, -0.05) is 6.08 Å². The van der Waals surface area contributed by atoms with E-state index >= 15 is 0 Å². The number of hydrogen-bond donors (Lipinski definition) is 1. The third-order valence-corrected chi connectivity index (χ3v) is 3.27. The minimum absolute atomic E-state index is 0.378. The molecule has 114 valence electrons. The fraction of sp³-hybridized carbons (Fsp3) is 0.778. The quantitative estimate of drug-likeness (QED) is 0.425. The molecule has 0 atom stereocenters. The fourth-order valence-electron chi connectivity index (χ4n) is 0.956. The zero-order valence-electron chi connectivity index (χ0n) is 9.93. The molecule has 0 aromatic heterocycles. The van der Waals surface area contributed by atoms with Crippen molar-refractivity contribution in [2.75, 3.05) is 19.8 Å². The Bertz CT molecular complexity index is 250. The van der Waals surface area contributed by atoms with E-state index in [2.05, 4.69) is 8.85 Å². The van der Waals surface area contributed by atoms with E-state index in [-0.39, 0.29) is 0 Å².